The molecular formula is C14H16INO3. The van der Waals surface area contributed by atoms with Gasteiger partial charge in [0, 0.05) is 15.7 Å². The Labute approximate surface area is 125 Å². The molecule has 19 heavy (non-hydrogen) atoms. The van der Waals surface area contributed by atoms with E-state index in [9.17, 15) is 14.7 Å². The molecule has 0 unspecified atom stereocenters. The van der Waals surface area contributed by atoms with Crippen LogP contribution in [-0.2, 0) is 4.79 Å². The van der Waals surface area contributed by atoms with Crippen LogP contribution < -0.4 is 5.32 Å². The van der Waals surface area contributed by atoms with Crippen LogP contribution in [0.3, 0.4) is 0 Å². The van der Waals surface area contributed by atoms with E-state index in [4.69, 9.17) is 0 Å². The van der Waals surface area contributed by atoms with Crippen molar-refractivity contribution in [3.05, 3.63) is 33.4 Å². The molecule has 0 saturated heterocycles. The number of rotatable bonds is 4. The molecule has 0 bridgehead atoms. The van der Waals surface area contributed by atoms with Gasteiger partial charge in [0.2, 0.25) is 0 Å². The van der Waals surface area contributed by atoms with Gasteiger partial charge in [-0.15, -0.1) is 0 Å². The van der Waals surface area contributed by atoms with Gasteiger partial charge in [0.05, 0.1) is 5.41 Å². The average Bonchev–Trinajstić information content (AvgIpc) is 2.87. The fraction of sp³-hybridized carbons (Fsp3) is 0.429. The molecule has 1 saturated carbocycles. The van der Waals surface area contributed by atoms with Gasteiger partial charge < -0.3 is 10.4 Å². The Morgan fingerprint density at radius 2 is 1.79 bits per heavy atom. The van der Waals surface area contributed by atoms with Gasteiger partial charge >= 0.3 is 5.97 Å². The first-order valence-corrected chi connectivity index (χ1v) is 7.39. The van der Waals surface area contributed by atoms with Crippen molar-refractivity contribution in [2.45, 2.75) is 25.7 Å². The second-order valence-electron chi connectivity index (χ2n) is 4.98. The third-order valence-corrected chi connectivity index (χ3v) is 4.43. The number of carbonyl (C=O) groups is 2. The van der Waals surface area contributed by atoms with E-state index in [-0.39, 0.29) is 12.5 Å². The lowest BCUT2D eigenvalue weighted by Crippen LogP contribution is -2.41. The van der Waals surface area contributed by atoms with E-state index in [0.717, 1.165) is 16.4 Å². The summed E-state index contributed by atoms with van der Waals surface area (Å²) in [7, 11) is 0. The number of carboxylic acids is 1. The van der Waals surface area contributed by atoms with Crippen molar-refractivity contribution in [1.82, 2.24) is 5.32 Å². The number of amides is 1. The molecule has 0 radical (unpaired) electrons. The summed E-state index contributed by atoms with van der Waals surface area (Å²) >= 11 is 2.17. The molecule has 0 atom stereocenters. The van der Waals surface area contributed by atoms with Gasteiger partial charge in [-0.25, -0.2) is 0 Å². The fourth-order valence-corrected chi connectivity index (χ4v) is 2.83. The highest BCUT2D eigenvalue weighted by atomic mass is 127. The zero-order valence-electron chi connectivity index (χ0n) is 10.5. The molecule has 0 heterocycles. The van der Waals surface area contributed by atoms with Crippen LogP contribution in [-0.4, -0.2) is 23.5 Å². The first-order valence-electron chi connectivity index (χ1n) is 6.31. The number of hydrogen-bond acceptors (Lipinski definition) is 2. The molecule has 0 spiro atoms. The summed E-state index contributed by atoms with van der Waals surface area (Å²) in [6, 6.07) is 7.22. The van der Waals surface area contributed by atoms with Crippen molar-refractivity contribution in [2.24, 2.45) is 5.41 Å². The van der Waals surface area contributed by atoms with Crippen LogP contribution in [0.4, 0.5) is 0 Å². The lowest BCUT2D eigenvalue weighted by Gasteiger charge is -2.23. The normalized spacial score (nSPS) is 17.1. The second-order valence-corrected chi connectivity index (χ2v) is 6.23. The molecule has 4 nitrogen and oxygen atoms in total. The zero-order valence-corrected chi connectivity index (χ0v) is 12.6. The van der Waals surface area contributed by atoms with E-state index in [1.54, 1.807) is 12.1 Å². The molecule has 1 amide bonds. The van der Waals surface area contributed by atoms with E-state index in [1.165, 1.54) is 0 Å². The predicted octanol–water partition coefficient (Wildman–Crippen LogP) is 2.67. The van der Waals surface area contributed by atoms with Crippen molar-refractivity contribution in [3.8, 4) is 0 Å². The summed E-state index contributed by atoms with van der Waals surface area (Å²) < 4.78 is 1.06. The van der Waals surface area contributed by atoms with Crippen molar-refractivity contribution in [3.63, 3.8) is 0 Å². The highest BCUT2D eigenvalue weighted by Crippen LogP contribution is 2.37. The van der Waals surface area contributed by atoms with Crippen molar-refractivity contribution >= 4 is 34.5 Å². The molecule has 2 N–H and O–H groups in total. The summed E-state index contributed by atoms with van der Waals surface area (Å²) in [6.07, 6.45) is 3.14. The Bertz CT molecular complexity index is 478. The largest absolute Gasteiger partial charge is 0.481 e. The van der Waals surface area contributed by atoms with Crippen LogP contribution in [0.2, 0.25) is 0 Å². The van der Waals surface area contributed by atoms with Crippen molar-refractivity contribution < 1.29 is 14.7 Å². The average molecular weight is 373 g/mol. The Balaban J connectivity index is 1.99. The first kappa shape index (κ1) is 14.3. The maximum atomic E-state index is 12.0. The van der Waals surface area contributed by atoms with E-state index in [2.05, 4.69) is 27.9 Å². The molecule has 1 aromatic carbocycles. The third-order valence-electron chi connectivity index (χ3n) is 3.71. The molecule has 0 aromatic heterocycles. The summed E-state index contributed by atoms with van der Waals surface area (Å²) in [5.74, 6) is -1.00. The molecule has 2 rings (SSSR count). The maximum absolute atomic E-state index is 12.0. The summed E-state index contributed by atoms with van der Waals surface area (Å²) in [5.41, 5.74) is -0.197. The highest BCUT2D eigenvalue weighted by molar-refractivity contribution is 14.1. The standard InChI is InChI=1S/C14H16INO3/c15-11-5-3-10(4-6-11)12(17)16-9-14(13(18)19)7-1-2-8-14/h3-6H,1-2,7-9H2,(H,16,17)(H,18,19). The van der Waals surface area contributed by atoms with E-state index in [0.29, 0.717) is 18.4 Å². The Morgan fingerprint density at radius 3 is 2.32 bits per heavy atom. The van der Waals surface area contributed by atoms with Crippen LogP contribution in [0.25, 0.3) is 0 Å². The van der Waals surface area contributed by atoms with Crippen molar-refractivity contribution in [2.75, 3.05) is 6.54 Å². The Kier molecular flexibility index (Phi) is 4.44. The van der Waals surface area contributed by atoms with Crippen LogP contribution >= 0.6 is 22.6 Å². The molecule has 102 valence electrons. The maximum Gasteiger partial charge on any atom is 0.311 e. The summed E-state index contributed by atoms with van der Waals surface area (Å²) in [5, 5.41) is 12.1. The minimum absolute atomic E-state index is 0.205. The molecule has 1 fully saturated rings. The minimum atomic E-state index is -0.798. The number of hydrogen-bond donors (Lipinski definition) is 2. The highest BCUT2D eigenvalue weighted by Gasteiger charge is 2.41. The van der Waals surface area contributed by atoms with Gasteiger partial charge in [0.15, 0.2) is 0 Å². The lowest BCUT2D eigenvalue weighted by atomic mass is 9.86. The summed E-state index contributed by atoms with van der Waals surface area (Å²) in [4.78, 5) is 23.3. The topological polar surface area (TPSA) is 66.4 Å². The van der Waals surface area contributed by atoms with Crippen LogP contribution in [0.5, 0.6) is 0 Å². The van der Waals surface area contributed by atoms with E-state index in [1.807, 2.05) is 12.1 Å². The number of aliphatic carboxylic acids is 1. The number of nitrogens with one attached hydrogen (secondary N) is 1. The molecule has 1 aliphatic rings. The lowest BCUT2D eigenvalue weighted by molar-refractivity contribution is -0.148. The van der Waals surface area contributed by atoms with Crippen LogP contribution in [0.1, 0.15) is 36.0 Å². The van der Waals surface area contributed by atoms with Gasteiger partial charge in [0.1, 0.15) is 0 Å². The summed E-state index contributed by atoms with van der Waals surface area (Å²) in [6.45, 7) is 0.215. The second kappa shape index (κ2) is 5.90. The number of benzene rings is 1. The smallest absolute Gasteiger partial charge is 0.311 e. The van der Waals surface area contributed by atoms with Gasteiger partial charge in [0.25, 0.3) is 5.91 Å². The van der Waals surface area contributed by atoms with Gasteiger partial charge in [-0.1, -0.05) is 12.8 Å². The Morgan fingerprint density at radius 1 is 1.21 bits per heavy atom. The SMILES string of the molecule is O=C(NCC1(C(=O)O)CCCC1)c1ccc(I)cc1. The molecule has 1 aromatic rings. The predicted molar refractivity (Wildman–Crippen MR) is 80.0 cm³/mol. The number of carbonyl (C=O) groups excluding carboxylic acids is 1. The van der Waals surface area contributed by atoms with Crippen LogP contribution in [0, 0.1) is 8.99 Å². The quantitative estimate of drug-likeness (QED) is 0.798. The zero-order chi connectivity index (χ0) is 13.9. The van der Waals surface area contributed by atoms with E-state index < -0.39 is 11.4 Å². The van der Waals surface area contributed by atoms with Crippen molar-refractivity contribution in [1.29, 1.82) is 0 Å². The minimum Gasteiger partial charge on any atom is -0.481 e. The third kappa shape index (κ3) is 3.26. The molecule has 1 aliphatic carbocycles. The molecule has 0 aliphatic heterocycles. The fourth-order valence-electron chi connectivity index (χ4n) is 2.47. The molecule has 5 heteroatoms. The van der Waals surface area contributed by atoms with Gasteiger partial charge in [-0.3, -0.25) is 9.59 Å². The first-order chi connectivity index (χ1) is 9.03. The molecular weight excluding hydrogens is 357 g/mol. The van der Waals surface area contributed by atoms with Gasteiger partial charge in [-0.2, -0.15) is 0 Å². The van der Waals surface area contributed by atoms with Gasteiger partial charge in [-0.05, 0) is 59.7 Å². The monoisotopic (exact) mass is 373 g/mol. The Hall–Kier alpha value is -1.11. The number of halogens is 1. The van der Waals surface area contributed by atoms with E-state index >= 15 is 0 Å². The van der Waals surface area contributed by atoms with Crippen LogP contribution in [0.15, 0.2) is 24.3 Å². The number of carboxylic acid groups (broad SMARTS) is 1.